The average molecular weight is 817 g/mol. The van der Waals surface area contributed by atoms with Crippen molar-refractivity contribution >= 4 is 40.6 Å². The minimum Gasteiger partial charge on any atom is -0.399 e. The molecule has 0 saturated heterocycles. The highest BCUT2D eigenvalue weighted by molar-refractivity contribution is 7.99. The summed E-state index contributed by atoms with van der Waals surface area (Å²) in [7, 11) is -2.16. The summed E-state index contributed by atoms with van der Waals surface area (Å²) < 4.78 is 0. The van der Waals surface area contributed by atoms with Gasteiger partial charge in [-0.05, 0) is 146 Å². The van der Waals surface area contributed by atoms with E-state index in [1.165, 1.54) is 21.2 Å². The summed E-state index contributed by atoms with van der Waals surface area (Å²) in [6, 6.07) is 47.7. The van der Waals surface area contributed by atoms with Gasteiger partial charge in [0.1, 0.15) is 23.2 Å². The number of nitrogens with two attached hydrogens (primary N) is 2. The molecule has 0 atom stereocenters. The van der Waals surface area contributed by atoms with Crippen molar-refractivity contribution in [3.63, 3.8) is 0 Å². The number of nitrogen functional groups attached to an aromatic ring is 1. The van der Waals surface area contributed by atoms with Crippen molar-refractivity contribution in [1.29, 1.82) is 0 Å². The van der Waals surface area contributed by atoms with E-state index >= 15 is 0 Å². The van der Waals surface area contributed by atoms with Crippen LogP contribution < -0.4 is 32.3 Å². The first-order valence-electron chi connectivity index (χ1n) is 20.8. The van der Waals surface area contributed by atoms with Gasteiger partial charge in [0.2, 0.25) is 0 Å². The number of hydrogen-bond donors (Lipinski definition) is 2. The van der Waals surface area contributed by atoms with E-state index in [9.17, 15) is 0 Å². The molecule has 61 heavy (non-hydrogen) atoms. The van der Waals surface area contributed by atoms with Gasteiger partial charge in [0.15, 0.2) is 0 Å². The van der Waals surface area contributed by atoms with Gasteiger partial charge in [0, 0.05) is 29.0 Å². The van der Waals surface area contributed by atoms with Gasteiger partial charge in [-0.1, -0.05) is 148 Å². The third-order valence-electron chi connectivity index (χ3n) is 10.3. The number of nitrogens with zero attached hydrogens (tertiary/aromatic N) is 1. The Hall–Kier alpha value is -6.93. The van der Waals surface area contributed by atoms with E-state index < -0.39 is 7.26 Å². The van der Waals surface area contributed by atoms with Gasteiger partial charge in [-0.25, -0.2) is 0 Å². The number of anilines is 2. The van der Waals surface area contributed by atoms with Crippen LogP contribution in [0.5, 0.6) is 0 Å². The van der Waals surface area contributed by atoms with Gasteiger partial charge in [-0.3, -0.25) is 0 Å². The molecule has 0 aliphatic carbocycles. The molecule has 0 aromatic heterocycles. The Bertz CT molecular complexity index is 2450. The van der Waals surface area contributed by atoms with Gasteiger partial charge >= 0.3 is 0 Å². The smallest absolute Gasteiger partial charge is 0.139 e. The molecule has 0 radical (unpaired) electrons. The summed E-state index contributed by atoms with van der Waals surface area (Å²) in [5.74, 6) is 0. The highest BCUT2D eigenvalue weighted by Crippen LogP contribution is 2.62. The van der Waals surface area contributed by atoms with Crippen LogP contribution in [0.2, 0.25) is 0 Å². The molecular weight excluding hydrogens is 758 g/mol. The van der Waals surface area contributed by atoms with Gasteiger partial charge in [-0.2, -0.15) is 0 Å². The molecule has 0 saturated carbocycles. The first-order chi connectivity index (χ1) is 29.7. The zero-order valence-electron chi connectivity index (χ0n) is 36.0. The second kappa shape index (κ2) is 23.0. The van der Waals surface area contributed by atoms with Crippen LogP contribution in [0, 0.1) is 0 Å². The van der Waals surface area contributed by atoms with Crippen LogP contribution in [0.25, 0.3) is 17.2 Å². The quantitative estimate of drug-likeness (QED) is 0.0526. The van der Waals surface area contributed by atoms with Crippen molar-refractivity contribution in [3.05, 3.63) is 265 Å². The van der Waals surface area contributed by atoms with Crippen molar-refractivity contribution in [3.8, 4) is 11.1 Å². The van der Waals surface area contributed by atoms with E-state index in [0.717, 1.165) is 51.3 Å². The molecule has 5 rings (SSSR count). The normalized spacial score (nSPS) is 13.3. The second-order valence-electron chi connectivity index (χ2n) is 14.4. The first-order valence-corrected chi connectivity index (χ1v) is 22.5. The maximum absolute atomic E-state index is 6.02. The van der Waals surface area contributed by atoms with Crippen LogP contribution in [-0.2, 0) is 0 Å². The Morgan fingerprint density at radius 3 is 1.82 bits per heavy atom. The number of allylic oxidation sites excluding steroid dienone is 16. The SMILES string of the molecule is C=C/C(=C\C=C\c1ccc(N)cc1)N(/C=C/C=C(\C=C/C)C(=C)/C=C\C(N)=C/C)c1ccc(-c2ccc([P+](/C(C)=C/C=C\CC)(c3ccccc3)c3ccccc3)cc2)cc1. The van der Waals surface area contributed by atoms with Crippen molar-refractivity contribution in [2.24, 2.45) is 5.73 Å². The molecule has 5 aromatic carbocycles. The predicted octanol–water partition coefficient (Wildman–Crippen LogP) is 13.7. The van der Waals surface area contributed by atoms with Crippen LogP contribution in [-0.4, -0.2) is 0 Å². The average Bonchev–Trinajstić information content (AvgIpc) is 3.30. The fourth-order valence-electron chi connectivity index (χ4n) is 7.01. The van der Waals surface area contributed by atoms with Crippen LogP contribution in [0.15, 0.2) is 260 Å². The third kappa shape index (κ3) is 11.9. The molecule has 0 unspecified atom stereocenters. The lowest BCUT2D eigenvalue weighted by atomic mass is 10.0. The minimum absolute atomic E-state index is 0.687. The van der Waals surface area contributed by atoms with Crippen LogP contribution in [0.1, 0.15) is 39.7 Å². The molecule has 0 bridgehead atoms. The van der Waals surface area contributed by atoms with Crippen LogP contribution in [0.3, 0.4) is 0 Å². The molecule has 0 heterocycles. The summed E-state index contributed by atoms with van der Waals surface area (Å²) in [6.07, 6.45) is 31.6. The lowest BCUT2D eigenvalue weighted by molar-refractivity contribution is 1.21. The molecule has 4 heteroatoms. The zero-order valence-corrected chi connectivity index (χ0v) is 36.9. The highest BCUT2D eigenvalue weighted by atomic mass is 31.2. The fourth-order valence-corrected chi connectivity index (χ4v) is 11.3. The van der Waals surface area contributed by atoms with Crippen molar-refractivity contribution in [2.75, 3.05) is 10.6 Å². The lowest BCUT2D eigenvalue weighted by Gasteiger charge is -2.28. The molecule has 0 fully saturated rings. The Kier molecular flexibility index (Phi) is 17.0. The molecule has 0 aliphatic heterocycles. The highest BCUT2D eigenvalue weighted by Gasteiger charge is 2.47. The van der Waals surface area contributed by atoms with Crippen LogP contribution in [0.4, 0.5) is 11.4 Å². The van der Waals surface area contributed by atoms with Gasteiger partial charge in [-0.15, -0.1) is 0 Å². The molecular formula is C57H59N3P+. The number of rotatable bonds is 18. The molecule has 0 spiro atoms. The number of benzene rings is 5. The first kappa shape index (κ1) is 45.2. The standard InChI is InChI=1S/C57H59N3P/c1-7-11-14-22-46(6)61(55-26-15-12-16-27-55,56-28-17-13-18-29-56)57-42-35-50(36-43-57)49-33-40-54(41-34-49)60(53(10-4)25-19-23-47-31-38-52(59)39-32-47)44-20-24-48(21-8-2)45(5)30-37-51(58)9-3/h8-44H,4-5,7,58-59H2,1-3,6H3/q+1/b14-11-,21-8-,23-19+,37-30-,44-20+,46-22+,48-24+,51-9+,53-25+. The Morgan fingerprint density at radius 2 is 1.26 bits per heavy atom. The summed E-state index contributed by atoms with van der Waals surface area (Å²) in [5.41, 5.74) is 20.4. The van der Waals surface area contributed by atoms with E-state index in [0.29, 0.717) is 5.70 Å². The van der Waals surface area contributed by atoms with Crippen molar-refractivity contribution in [1.82, 2.24) is 0 Å². The van der Waals surface area contributed by atoms with Gasteiger partial charge in [0.25, 0.3) is 0 Å². The van der Waals surface area contributed by atoms with E-state index in [4.69, 9.17) is 11.5 Å². The molecule has 0 amide bonds. The molecule has 4 N–H and O–H groups in total. The maximum Gasteiger partial charge on any atom is 0.139 e. The number of hydrogen-bond acceptors (Lipinski definition) is 3. The van der Waals surface area contributed by atoms with Crippen molar-refractivity contribution < 1.29 is 0 Å². The summed E-state index contributed by atoms with van der Waals surface area (Å²) in [4.78, 5) is 2.13. The van der Waals surface area contributed by atoms with Crippen LogP contribution >= 0.6 is 7.26 Å². The Labute approximate surface area is 365 Å². The van der Waals surface area contributed by atoms with E-state index in [1.54, 1.807) is 0 Å². The van der Waals surface area contributed by atoms with Gasteiger partial charge in [0.05, 0.1) is 5.31 Å². The van der Waals surface area contributed by atoms with Gasteiger partial charge < -0.3 is 16.4 Å². The van der Waals surface area contributed by atoms with E-state index in [2.05, 4.69) is 184 Å². The topological polar surface area (TPSA) is 55.3 Å². The second-order valence-corrected chi connectivity index (χ2v) is 18.0. The summed E-state index contributed by atoms with van der Waals surface area (Å²) in [5, 5.41) is 5.36. The molecule has 0 aliphatic rings. The fraction of sp³-hybridized carbons (Fsp3) is 0.0877. The molecule has 3 nitrogen and oxygen atoms in total. The third-order valence-corrected chi connectivity index (χ3v) is 14.7. The monoisotopic (exact) mass is 816 g/mol. The largest absolute Gasteiger partial charge is 0.399 e. The Balaban J connectivity index is 1.54. The van der Waals surface area contributed by atoms with E-state index in [-0.39, 0.29) is 0 Å². The zero-order chi connectivity index (χ0) is 43.5. The molecule has 5 aromatic rings. The maximum atomic E-state index is 6.02. The summed E-state index contributed by atoms with van der Waals surface area (Å²) in [6.45, 7) is 16.9. The van der Waals surface area contributed by atoms with Crippen molar-refractivity contribution in [2.45, 2.75) is 34.1 Å². The molecule has 306 valence electrons. The lowest BCUT2D eigenvalue weighted by Crippen LogP contribution is -2.31. The Morgan fingerprint density at radius 1 is 0.672 bits per heavy atom. The van der Waals surface area contributed by atoms with E-state index in [1.807, 2.05) is 86.7 Å². The minimum atomic E-state index is -2.16. The predicted molar refractivity (Wildman–Crippen MR) is 273 cm³/mol. The summed E-state index contributed by atoms with van der Waals surface area (Å²) >= 11 is 0.